The number of nitrogens with one attached hydrogen (secondary N) is 3. The first kappa shape index (κ1) is 21.2. The van der Waals surface area contributed by atoms with Crippen molar-refractivity contribution in [2.75, 3.05) is 23.6 Å². The molecule has 10 heteroatoms. The van der Waals surface area contributed by atoms with E-state index >= 15 is 0 Å². The lowest BCUT2D eigenvalue weighted by Gasteiger charge is -2.13. The SMILES string of the molecule is CCCCS(=O)(=O)Nc1ccc(S(=O)(=O)NC2CCNC2)cc1.Cl. The van der Waals surface area contributed by atoms with Gasteiger partial charge < -0.3 is 5.32 Å². The molecule has 0 radical (unpaired) electrons. The summed E-state index contributed by atoms with van der Waals surface area (Å²) >= 11 is 0. The van der Waals surface area contributed by atoms with E-state index in [9.17, 15) is 16.8 Å². The van der Waals surface area contributed by atoms with Crippen LogP contribution >= 0.6 is 12.4 Å². The number of halogens is 1. The molecule has 2 rings (SSSR count). The van der Waals surface area contributed by atoms with Crippen LogP contribution in [0, 0.1) is 0 Å². The molecule has 1 heterocycles. The van der Waals surface area contributed by atoms with Crippen LogP contribution in [0.2, 0.25) is 0 Å². The standard InChI is InChI=1S/C14H23N3O4S2.ClH/c1-2-3-10-22(18,19)16-12-4-6-14(7-5-12)23(20,21)17-13-8-9-15-11-13;/h4-7,13,15-17H,2-3,8-11H2,1H3;1H. The van der Waals surface area contributed by atoms with E-state index in [1.54, 1.807) is 0 Å². The van der Waals surface area contributed by atoms with Crippen molar-refractivity contribution < 1.29 is 16.8 Å². The highest BCUT2D eigenvalue weighted by atomic mass is 35.5. The normalized spacial score (nSPS) is 18.1. The highest BCUT2D eigenvalue weighted by Crippen LogP contribution is 2.16. The zero-order chi connectivity index (χ0) is 16.9. The molecule has 0 saturated carbocycles. The molecule has 1 fully saturated rings. The van der Waals surface area contributed by atoms with Crippen LogP contribution in [0.1, 0.15) is 26.2 Å². The van der Waals surface area contributed by atoms with Crippen LogP contribution in [0.3, 0.4) is 0 Å². The summed E-state index contributed by atoms with van der Waals surface area (Å²) in [6, 6.07) is 5.63. The van der Waals surface area contributed by atoms with Gasteiger partial charge in [0, 0.05) is 18.3 Å². The molecule has 0 aromatic heterocycles. The van der Waals surface area contributed by atoms with E-state index in [-0.39, 0.29) is 29.1 Å². The summed E-state index contributed by atoms with van der Waals surface area (Å²) in [6.45, 7) is 3.34. The van der Waals surface area contributed by atoms with Gasteiger partial charge in [-0.3, -0.25) is 4.72 Å². The number of sulfonamides is 2. The number of rotatable bonds is 8. The maximum absolute atomic E-state index is 12.2. The van der Waals surface area contributed by atoms with E-state index in [0.717, 1.165) is 19.4 Å². The Morgan fingerprint density at radius 2 is 1.83 bits per heavy atom. The molecule has 3 N–H and O–H groups in total. The van der Waals surface area contributed by atoms with E-state index in [2.05, 4.69) is 14.8 Å². The highest BCUT2D eigenvalue weighted by Gasteiger charge is 2.22. The maximum atomic E-state index is 12.2. The Balaban J connectivity index is 0.00000288. The Morgan fingerprint density at radius 1 is 1.17 bits per heavy atom. The molecule has 1 aromatic rings. The molecule has 0 bridgehead atoms. The summed E-state index contributed by atoms with van der Waals surface area (Å²) in [4.78, 5) is 0.126. The lowest BCUT2D eigenvalue weighted by molar-refractivity contribution is 0.560. The predicted molar refractivity (Wildman–Crippen MR) is 97.6 cm³/mol. The average Bonchev–Trinajstić information content (AvgIpc) is 2.97. The van der Waals surface area contributed by atoms with Crippen LogP contribution in [0.15, 0.2) is 29.2 Å². The molecular formula is C14H24ClN3O4S2. The topological polar surface area (TPSA) is 104 Å². The van der Waals surface area contributed by atoms with Crippen LogP contribution in [-0.2, 0) is 20.0 Å². The molecule has 1 atom stereocenters. The number of benzene rings is 1. The Hall–Kier alpha value is -0.870. The fourth-order valence-corrected chi connectivity index (χ4v) is 4.85. The second kappa shape index (κ2) is 9.00. The van der Waals surface area contributed by atoms with E-state index in [1.807, 2.05) is 6.92 Å². The van der Waals surface area contributed by atoms with Gasteiger partial charge in [0.1, 0.15) is 0 Å². The Bertz CT molecular complexity index is 715. The summed E-state index contributed by atoms with van der Waals surface area (Å²) in [5.74, 6) is 0.0553. The van der Waals surface area contributed by atoms with Crippen LogP contribution in [0.5, 0.6) is 0 Å². The number of unbranched alkanes of at least 4 members (excludes halogenated alkanes) is 1. The third kappa shape index (κ3) is 6.21. The smallest absolute Gasteiger partial charge is 0.240 e. The van der Waals surface area contributed by atoms with Gasteiger partial charge in [-0.2, -0.15) is 0 Å². The maximum Gasteiger partial charge on any atom is 0.240 e. The largest absolute Gasteiger partial charge is 0.315 e. The molecule has 0 spiro atoms. The van der Waals surface area contributed by atoms with Crippen molar-refractivity contribution in [3.8, 4) is 0 Å². The van der Waals surface area contributed by atoms with E-state index in [1.165, 1.54) is 24.3 Å². The van der Waals surface area contributed by atoms with Crippen molar-refractivity contribution in [3.63, 3.8) is 0 Å². The van der Waals surface area contributed by atoms with Crippen molar-refractivity contribution in [2.24, 2.45) is 0 Å². The van der Waals surface area contributed by atoms with Gasteiger partial charge in [0.05, 0.1) is 10.6 Å². The molecule has 1 saturated heterocycles. The van der Waals surface area contributed by atoms with Gasteiger partial charge in [0.2, 0.25) is 20.0 Å². The predicted octanol–water partition coefficient (Wildman–Crippen LogP) is 1.29. The van der Waals surface area contributed by atoms with Gasteiger partial charge in [0.25, 0.3) is 0 Å². The number of hydrogen-bond acceptors (Lipinski definition) is 5. The average molecular weight is 398 g/mol. The molecule has 0 aliphatic carbocycles. The van der Waals surface area contributed by atoms with Crippen LogP contribution in [0.25, 0.3) is 0 Å². The van der Waals surface area contributed by atoms with Gasteiger partial charge in [-0.05, 0) is 43.7 Å². The minimum absolute atomic E-state index is 0. The Kier molecular flexibility index (Phi) is 7.94. The molecule has 138 valence electrons. The lowest BCUT2D eigenvalue weighted by atomic mass is 10.3. The first-order chi connectivity index (χ1) is 10.8. The first-order valence-electron chi connectivity index (χ1n) is 7.66. The quantitative estimate of drug-likeness (QED) is 0.613. The van der Waals surface area contributed by atoms with E-state index in [4.69, 9.17) is 0 Å². The third-order valence-electron chi connectivity index (χ3n) is 3.59. The molecule has 1 unspecified atom stereocenters. The van der Waals surface area contributed by atoms with Gasteiger partial charge in [0.15, 0.2) is 0 Å². The van der Waals surface area contributed by atoms with Crippen molar-refractivity contribution in [1.82, 2.24) is 10.0 Å². The summed E-state index contributed by atoms with van der Waals surface area (Å²) in [5.41, 5.74) is 0.364. The summed E-state index contributed by atoms with van der Waals surface area (Å²) in [7, 11) is -6.97. The molecule has 1 aromatic carbocycles. The van der Waals surface area contributed by atoms with Crippen LogP contribution < -0.4 is 14.8 Å². The zero-order valence-corrected chi connectivity index (χ0v) is 15.9. The molecular weight excluding hydrogens is 374 g/mol. The van der Waals surface area contributed by atoms with E-state index < -0.39 is 20.0 Å². The molecule has 24 heavy (non-hydrogen) atoms. The second-order valence-corrected chi connectivity index (χ2v) is 9.17. The minimum Gasteiger partial charge on any atom is -0.315 e. The minimum atomic E-state index is -3.59. The summed E-state index contributed by atoms with van der Waals surface area (Å²) < 4.78 is 53.2. The van der Waals surface area contributed by atoms with Gasteiger partial charge in [-0.25, -0.2) is 21.6 Å². The second-order valence-electron chi connectivity index (χ2n) is 5.61. The number of hydrogen-bond donors (Lipinski definition) is 3. The first-order valence-corrected chi connectivity index (χ1v) is 10.8. The molecule has 1 aliphatic heterocycles. The van der Waals surface area contributed by atoms with Gasteiger partial charge >= 0.3 is 0 Å². The molecule has 1 aliphatic rings. The number of anilines is 1. The van der Waals surface area contributed by atoms with Crippen molar-refractivity contribution >= 4 is 38.1 Å². The monoisotopic (exact) mass is 397 g/mol. The summed E-state index contributed by atoms with van der Waals surface area (Å²) in [5, 5.41) is 3.09. The van der Waals surface area contributed by atoms with Crippen molar-refractivity contribution in [2.45, 2.75) is 37.1 Å². The Morgan fingerprint density at radius 3 is 2.38 bits per heavy atom. The lowest BCUT2D eigenvalue weighted by Crippen LogP contribution is -2.36. The third-order valence-corrected chi connectivity index (χ3v) is 6.50. The van der Waals surface area contributed by atoms with Crippen LogP contribution in [0.4, 0.5) is 5.69 Å². The fourth-order valence-electron chi connectivity index (χ4n) is 2.31. The fraction of sp³-hybridized carbons (Fsp3) is 0.571. The molecule has 7 nitrogen and oxygen atoms in total. The van der Waals surface area contributed by atoms with E-state index in [0.29, 0.717) is 18.7 Å². The highest BCUT2D eigenvalue weighted by molar-refractivity contribution is 7.92. The van der Waals surface area contributed by atoms with Crippen molar-refractivity contribution in [3.05, 3.63) is 24.3 Å². The van der Waals surface area contributed by atoms with Crippen molar-refractivity contribution in [1.29, 1.82) is 0 Å². The van der Waals surface area contributed by atoms with Crippen LogP contribution in [-0.4, -0.2) is 41.7 Å². The molecule has 0 amide bonds. The Labute approximate surface area is 150 Å². The zero-order valence-electron chi connectivity index (χ0n) is 13.5. The summed E-state index contributed by atoms with van der Waals surface area (Å²) in [6.07, 6.45) is 2.13. The van der Waals surface area contributed by atoms with Gasteiger partial charge in [-0.1, -0.05) is 13.3 Å². The van der Waals surface area contributed by atoms with Gasteiger partial charge in [-0.15, -0.1) is 12.4 Å².